The standard InChI is InChI=1S/C20H26N2O6S/c1-13(16-9-8-15(26-4)12-18(16)28-6)21-20(23)14-7-10-17(27-5)19(11-14)29(24,25)22(2)3/h7-13H,1-6H3,(H,21,23). The maximum Gasteiger partial charge on any atom is 0.251 e. The van der Waals surface area contributed by atoms with Gasteiger partial charge in [0.05, 0.1) is 27.4 Å². The lowest BCUT2D eigenvalue weighted by atomic mass is 10.1. The van der Waals surface area contributed by atoms with Crippen LogP contribution in [0.1, 0.15) is 28.9 Å². The third-order valence-electron chi connectivity index (χ3n) is 4.44. The van der Waals surface area contributed by atoms with Crippen LogP contribution in [0.3, 0.4) is 0 Å². The SMILES string of the molecule is COc1ccc(C(C)NC(=O)c2ccc(OC)c(S(=O)(=O)N(C)C)c2)c(OC)c1. The monoisotopic (exact) mass is 422 g/mol. The zero-order chi connectivity index (χ0) is 21.8. The number of amides is 1. The first kappa shape index (κ1) is 22.5. The molecule has 0 saturated heterocycles. The predicted molar refractivity (Wildman–Crippen MR) is 109 cm³/mol. The molecule has 0 heterocycles. The summed E-state index contributed by atoms with van der Waals surface area (Å²) in [5, 5.41) is 2.86. The quantitative estimate of drug-likeness (QED) is 0.702. The number of hydrogen-bond acceptors (Lipinski definition) is 6. The summed E-state index contributed by atoms with van der Waals surface area (Å²) < 4.78 is 41.9. The molecule has 29 heavy (non-hydrogen) atoms. The number of methoxy groups -OCH3 is 3. The summed E-state index contributed by atoms with van der Waals surface area (Å²) in [5.41, 5.74) is 0.960. The van der Waals surface area contributed by atoms with Gasteiger partial charge in [0, 0.05) is 31.3 Å². The number of nitrogens with zero attached hydrogens (tertiary/aromatic N) is 1. The van der Waals surface area contributed by atoms with E-state index in [1.807, 2.05) is 6.92 Å². The minimum Gasteiger partial charge on any atom is -0.497 e. The van der Waals surface area contributed by atoms with Crippen molar-refractivity contribution in [1.82, 2.24) is 9.62 Å². The average Bonchev–Trinajstić information content (AvgIpc) is 2.72. The van der Waals surface area contributed by atoms with E-state index in [9.17, 15) is 13.2 Å². The molecule has 1 unspecified atom stereocenters. The van der Waals surface area contributed by atoms with Gasteiger partial charge >= 0.3 is 0 Å². The first-order valence-corrected chi connectivity index (χ1v) is 10.2. The number of ether oxygens (including phenoxy) is 3. The molecule has 0 bridgehead atoms. The fraction of sp³-hybridized carbons (Fsp3) is 0.350. The van der Waals surface area contributed by atoms with Crippen molar-refractivity contribution in [3.63, 3.8) is 0 Å². The molecule has 158 valence electrons. The highest BCUT2D eigenvalue weighted by Gasteiger charge is 2.24. The molecule has 2 aromatic carbocycles. The van der Waals surface area contributed by atoms with E-state index in [0.717, 1.165) is 9.87 Å². The van der Waals surface area contributed by atoms with Crippen LogP contribution < -0.4 is 19.5 Å². The molecule has 8 nitrogen and oxygen atoms in total. The van der Waals surface area contributed by atoms with Crippen LogP contribution in [0.5, 0.6) is 17.2 Å². The molecule has 1 atom stereocenters. The van der Waals surface area contributed by atoms with Crippen LogP contribution in [0.4, 0.5) is 0 Å². The molecule has 1 N–H and O–H groups in total. The van der Waals surface area contributed by atoms with Gasteiger partial charge in [-0.15, -0.1) is 0 Å². The zero-order valence-corrected chi connectivity index (χ0v) is 18.2. The minimum absolute atomic E-state index is 0.0765. The van der Waals surface area contributed by atoms with Crippen LogP contribution in [-0.4, -0.2) is 54.1 Å². The third-order valence-corrected chi connectivity index (χ3v) is 6.28. The fourth-order valence-electron chi connectivity index (χ4n) is 2.75. The van der Waals surface area contributed by atoms with Gasteiger partial charge in [-0.2, -0.15) is 0 Å². The second-order valence-electron chi connectivity index (χ2n) is 6.46. The lowest BCUT2D eigenvalue weighted by Crippen LogP contribution is -2.28. The second kappa shape index (κ2) is 9.15. The Morgan fingerprint density at radius 2 is 1.62 bits per heavy atom. The Morgan fingerprint density at radius 3 is 2.17 bits per heavy atom. The van der Waals surface area contributed by atoms with Gasteiger partial charge in [0.15, 0.2) is 0 Å². The summed E-state index contributed by atoms with van der Waals surface area (Å²) in [6.07, 6.45) is 0. The Kier molecular flexibility index (Phi) is 7.10. The van der Waals surface area contributed by atoms with Gasteiger partial charge in [0.1, 0.15) is 22.1 Å². The van der Waals surface area contributed by atoms with Crippen LogP contribution >= 0.6 is 0 Å². The van der Waals surface area contributed by atoms with Gasteiger partial charge < -0.3 is 19.5 Å². The number of hydrogen-bond donors (Lipinski definition) is 1. The maximum absolute atomic E-state index is 12.8. The van der Waals surface area contributed by atoms with Gasteiger partial charge in [-0.1, -0.05) is 0 Å². The lowest BCUT2D eigenvalue weighted by Gasteiger charge is -2.19. The molecule has 9 heteroatoms. The lowest BCUT2D eigenvalue weighted by molar-refractivity contribution is 0.0939. The van der Waals surface area contributed by atoms with Crippen LogP contribution in [-0.2, 0) is 10.0 Å². The average molecular weight is 423 g/mol. The predicted octanol–water partition coefficient (Wildman–Crippen LogP) is 2.45. The molecule has 2 rings (SSSR count). The number of nitrogens with one attached hydrogen (secondary N) is 1. The Labute approximate surface area is 171 Å². The van der Waals surface area contributed by atoms with Crippen molar-refractivity contribution >= 4 is 15.9 Å². The molecule has 0 aromatic heterocycles. The minimum atomic E-state index is -3.78. The van der Waals surface area contributed by atoms with E-state index in [-0.39, 0.29) is 22.3 Å². The molecule has 0 saturated carbocycles. The highest BCUT2D eigenvalue weighted by molar-refractivity contribution is 7.89. The number of rotatable bonds is 8. The van der Waals surface area contributed by atoms with E-state index in [4.69, 9.17) is 14.2 Å². The smallest absolute Gasteiger partial charge is 0.251 e. The Bertz CT molecular complexity index is 988. The zero-order valence-electron chi connectivity index (χ0n) is 17.3. The fourth-order valence-corrected chi connectivity index (χ4v) is 3.83. The van der Waals surface area contributed by atoms with Gasteiger partial charge in [-0.05, 0) is 37.3 Å². The van der Waals surface area contributed by atoms with Crippen LogP contribution in [0.25, 0.3) is 0 Å². The van der Waals surface area contributed by atoms with Crippen molar-refractivity contribution in [2.24, 2.45) is 0 Å². The second-order valence-corrected chi connectivity index (χ2v) is 8.58. The Balaban J connectivity index is 2.34. The molecule has 1 amide bonds. The van der Waals surface area contributed by atoms with Gasteiger partial charge in [0.25, 0.3) is 5.91 Å². The Hall–Kier alpha value is -2.78. The molecule has 0 aliphatic carbocycles. The van der Waals surface area contributed by atoms with E-state index < -0.39 is 15.9 Å². The largest absolute Gasteiger partial charge is 0.497 e. The van der Waals surface area contributed by atoms with Crippen molar-refractivity contribution < 1.29 is 27.4 Å². The summed E-state index contributed by atoms with van der Waals surface area (Å²) in [6.45, 7) is 1.81. The normalized spacial score (nSPS) is 12.4. The van der Waals surface area contributed by atoms with E-state index in [2.05, 4.69) is 5.32 Å². The van der Waals surface area contributed by atoms with E-state index >= 15 is 0 Å². The van der Waals surface area contributed by atoms with Gasteiger partial charge in [-0.25, -0.2) is 12.7 Å². The molecule has 0 spiro atoms. The van der Waals surface area contributed by atoms with Crippen molar-refractivity contribution in [3.05, 3.63) is 47.5 Å². The third kappa shape index (κ3) is 4.80. The van der Waals surface area contributed by atoms with Crippen molar-refractivity contribution in [1.29, 1.82) is 0 Å². The topological polar surface area (TPSA) is 94.2 Å². The number of carbonyl (C=O) groups is 1. The van der Waals surface area contributed by atoms with Crippen molar-refractivity contribution in [2.75, 3.05) is 35.4 Å². The highest BCUT2D eigenvalue weighted by atomic mass is 32.2. The summed E-state index contributed by atoms with van der Waals surface area (Å²) >= 11 is 0. The Morgan fingerprint density at radius 1 is 0.966 bits per heavy atom. The molecule has 0 radical (unpaired) electrons. The van der Waals surface area contributed by atoms with Crippen LogP contribution in [0.2, 0.25) is 0 Å². The first-order chi connectivity index (χ1) is 13.6. The molecule has 0 fully saturated rings. The van der Waals surface area contributed by atoms with E-state index in [0.29, 0.717) is 11.5 Å². The van der Waals surface area contributed by atoms with E-state index in [1.54, 1.807) is 25.3 Å². The van der Waals surface area contributed by atoms with Gasteiger partial charge in [-0.3, -0.25) is 4.79 Å². The maximum atomic E-state index is 12.8. The van der Waals surface area contributed by atoms with Crippen molar-refractivity contribution in [2.45, 2.75) is 17.9 Å². The summed E-state index contributed by atoms with van der Waals surface area (Å²) in [7, 11) is 3.52. The number of benzene rings is 2. The summed E-state index contributed by atoms with van der Waals surface area (Å²) in [5.74, 6) is 0.953. The molecular weight excluding hydrogens is 396 g/mol. The summed E-state index contributed by atoms with van der Waals surface area (Å²) in [6, 6.07) is 9.20. The highest BCUT2D eigenvalue weighted by Crippen LogP contribution is 2.30. The van der Waals surface area contributed by atoms with Crippen LogP contribution in [0.15, 0.2) is 41.3 Å². The van der Waals surface area contributed by atoms with E-state index in [1.165, 1.54) is 46.5 Å². The first-order valence-electron chi connectivity index (χ1n) is 8.79. The molecular formula is C20H26N2O6S. The molecule has 2 aromatic rings. The number of carbonyl (C=O) groups excluding carboxylic acids is 1. The number of sulfonamides is 1. The molecule has 0 aliphatic heterocycles. The van der Waals surface area contributed by atoms with Crippen LogP contribution in [0, 0.1) is 0 Å². The summed E-state index contributed by atoms with van der Waals surface area (Å²) in [4.78, 5) is 12.7. The molecule has 0 aliphatic rings. The van der Waals surface area contributed by atoms with Gasteiger partial charge in [0.2, 0.25) is 10.0 Å². The van der Waals surface area contributed by atoms with Crippen molar-refractivity contribution in [3.8, 4) is 17.2 Å².